The molecule has 24 heavy (non-hydrogen) atoms. The number of rotatable bonds is 4. The number of nitrogens with zero attached hydrogens (tertiary/aromatic N) is 2. The molecule has 130 valence electrons. The second-order valence-corrected chi connectivity index (χ2v) is 7.28. The topological polar surface area (TPSA) is 52.7 Å². The standard InChI is InChI=1S/C19H27N3O2/c1-14-11-18(23)22(13-14)17-5-3-15(4-6-17)12-20-19(24)16-7-9-21(2)10-8-16/h3-6,14,16H,7-13H2,1-2H3,(H,20,24). The van der Waals surface area contributed by atoms with Crippen LogP contribution < -0.4 is 10.2 Å². The number of anilines is 1. The monoisotopic (exact) mass is 329 g/mol. The summed E-state index contributed by atoms with van der Waals surface area (Å²) in [5.74, 6) is 0.928. The lowest BCUT2D eigenvalue weighted by Gasteiger charge is -2.28. The number of carbonyl (C=O) groups excluding carboxylic acids is 2. The highest BCUT2D eigenvalue weighted by atomic mass is 16.2. The number of hydrogen-bond acceptors (Lipinski definition) is 3. The van der Waals surface area contributed by atoms with Crippen molar-refractivity contribution in [1.82, 2.24) is 10.2 Å². The molecule has 5 nitrogen and oxygen atoms in total. The molecule has 5 heteroatoms. The fraction of sp³-hybridized carbons (Fsp3) is 0.579. The minimum Gasteiger partial charge on any atom is -0.352 e. The van der Waals surface area contributed by atoms with Gasteiger partial charge in [0, 0.05) is 31.1 Å². The van der Waals surface area contributed by atoms with E-state index in [0.29, 0.717) is 18.9 Å². The zero-order chi connectivity index (χ0) is 17.1. The SMILES string of the molecule is CC1CC(=O)N(c2ccc(CNC(=O)C3CCN(C)CC3)cc2)C1. The Morgan fingerprint density at radius 1 is 1.21 bits per heavy atom. The predicted molar refractivity (Wildman–Crippen MR) is 94.6 cm³/mol. The quantitative estimate of drug-likeness (QED) is 0.919. The van der Waals surface area contributed by atoms with Crippen molar-refractivity contribution in [2.24, 2.45) is 11.8 Å². The smallest absolute Gasteiger partial charge is 0.227 e. The van der Waals surface area contributed by atoms with Gasteiger partial charge in [0.25, 0.3) is 0 Å². The number of amides is 2. The Bertz CT molecular complexity index is 591. The molecule has 2 saturated heterocycles. The Morgan fingerprint density at radius 2 is 1.88 bits per heavy atom. The predicted octanol–water partition coefficient (Wildman–Crippen LogP) is 2.02. The molecule has 0 spiro atoms. The molecule has 0 aliphatic carbocycles. The van der Waals surface area contributed by atoms with Crippen LogP contribution in [-0.2, 0) is 16.1 Å². The second-order valence-electron chi connectivity index (χ2n) is 7.28. The largest absolute Gasteiger partial charge is 0.352 e. The Morgan fingerprint density at radius 3 is 2.46 bits per heavy atom. The summed E-state index contributed by atoms with van der Waals surface area (Å²) in [5, 5.41) is 3.05. The number of hydrogen-bond donors (Lipinski definition) is 1. The third-order valence-electron chi connectivity index (χ3n) is 5.12. The fourth-order valence-corrected chi connectivity index (χ4v) is 3.53. The van der Waals surface area contributed by atoms with Gasteiger partial charge in [-0.3, -0.25) is 9.59 Å². The first-order chi connectivity index (χ1) is 11.5. The molecule has 1 aromatic rings. The maximum Gasteiger partial charge on any atom is 0.227 e. The Balaban J connectivity index is 1.51. The van der Waals surface area contributed by atoms with Crippen LogP contribution in [0.15, 0.2) is 24.3 Å². The van der Waals surface area contributed by atoms with Crippen molar-refractivity contribution in [2.75, 3.05) is 31.6 Å². The number of nitrogens with one attached hydrogen (secondary N) is 1. The van der Waals surface area contributed by atoms with Gasteiger partial charge in [0.2, 0.25) is 11.8 Å². The van der Waals surface area contributed by atoms with E-state index in [1.54, 1.807) is 0 Å². The van der Waals surface area contributed by atoms with Crippen LogP contribution in [-0.4, -0.2) is 43.4 Å². The van der Waals surface area contributed by atoms with Gasteiger partial charge >= 0.3 is 0 Å². The maximum absolute atomic E-state index is 12.3. The summed E-state index contributed by atoms with van der Waals surface area (Å²) in [5.41, 5.74) is 2.02. The van der Waals surface area contributed by atoms with E-state index >= 15 is 0 Å². The molecule has 2 aliphatic rings. The molecule has 1 aromatic carbocycles. The molecular weight excluding hydrogens is 302 g/mol. The lowest BCUT2D eigenvalue weighted by atomic mass is 9.96. The van der Waals surface area contributed by atoms with Crippen molar-refractivity contribution >= 4 is 17.5 Å². The number of carbonyl (C=O) groups is 2. The summed E-state index contributed by atoms with van der Waals surface area (Å²) < 4.78 is 0. The Labute approximate surface area is 144 Å². The molecule has 2 fully saturated rings. The molecule has 0 bridgehead atoms. The zero-order valence-corrected chi connectivity index (χ0v) is 14.6. The molecule has 0 radical (unpaired) electrons. The summed E-state index contributed by atoms with van der Waals surface area (Å²) in [6, 6.07) is 7.96. The molecule has 3 rings (SSSR count). The first-order valence-corrected chi connectivity index (χ1v) is 8.88. The van der Waals surface area contributed by atoms with Crippen molar-refractivity contribution in [3.63, 3.8) is 0 Å². The van der Waals surface area contributed by atoms with Gasteiger partial charge in [-0.1, -0.05) is 19.1 Å². The summed E-state index contributed by atoms with van der Waals surface area (Å²) in [6.07, 6.45) is 2.52. The highest BCUT2D eigenvalue weighted by Gasteiger charge is 2.27. The van der Waals surface area contributed by atoms with Gasteiger partial charge in [-0.05, 0) is 56.6 Å². The van der Waals surface area contributed by atoms with E-state index in [9.17, 15) is 9.59 Å². The van der Waals surface area contributed by atoms with Crippen LogP contribution in [0.2, 0.25) is 0 Å². The van der Waals surface area contributed by atoms with Crippen molar-refractivity contribution in [1.29, 1.82) is 0 Å². The van der Waals surface area contributed by atoms with E-state index in [1.165, 1.54) is 0 Å². The van der Waals surface area contributed by atoms with Gasteiger partial charge in [0.1, 0.15) is 0 Å². The molecule has 1 N–H and O–H groups in total. The van der Waals surface area contributed by atoms with Crippen molar-refractivity contribution < 1.29 is 9.59 Å². The van der Waals surface area contributed by atoms with Gasteiger partial charge in [-0.25, -0.2) is 0 Å². The van der Waals surface area contributed by atoms with Gasteiger partial charge in [-0.15, -0.1) is 0 Å². The van der Waals surface area contributed by atoms with E-state index in [4.69, 9.17) is 0 Å². The molecule has 1 unspecified atom stereocenters. The maximum atomic E-state index is 12.3. The van der Waals surface area contributed by atoms with E-state index < -0.39 is 0 Å². The Hall–Kier alpha value is -1.88. The average molecular weight is 329 g/mol. The van der Waals surface area contributed by atoms with Crippen LogP contribution in [0.3, 0.4) is 0 Å². The van der Waals surface area contributed by atoms with Crippen molar-refractivity contribution in [2.45, 2.75) is 32.7 Å². The Kier molecular flexibility index (Phi) is 5.19. The molecule has 0 aromatic heterocycles. The first kappa shape index (κ1) is 17.0. The zero-order valence-electron chi connectivity index (χ0n) is 14.6. The van der Waals surface area contributed by atoms with Crippen LogP contribution in [0.25, 0.3) is 0 Å². The first-order valence-electron chi connectivity index (χ1n) is 8.88. The van der Waals surface area contributed by atoms with Gasteiger partial charge in [0.05, 0.1) is 0 Å². The summed E-state index contributed by atoms with van der Waals surface area (Å²) in [4.78, 5) is 28.3. The van der Waals surface area contributed by atoms with Crippen LogP contribution in [0.5, 0.6) is 0 Å². The second kappa shape index (κ2) is 7.34. The van der Waals surface area contributed by atoms with Crippen LogP contribution in [0.4, 0.5) is 5.69 Å². The fourth-order valence-electron chi connectivity index (χ4n) is 3.53. The van der Waals surface area contributed by atoms with Gasteiger partial charge < -0.3 is 15.1 Å². The summed E-state index contributed by atoms with van der Waals surface area (Å²) >= 11 is 0. The number of benzene rings is 1. The van der Waals surface area contributed by atoms with Crippen LogP contribution >= 0.6 is 0 Å². The molecule has 0 saturated carbocycles. The third-order valence-corrected chi connectivity index (χ3v) is 5.12. The van der Waals surface area contributed by atoms with Gasteiger partial charge in [0.15, 0.2) is 0 Å². The molecule has 2 amide bonds. The average Bonchev–Trinajstić information content (AvgIpc) is 2.92. The lowest BCUT2D eigenvalue weighted by Crippen LogP contribution is -2.38. The van der Waals surface area contributed by atoms with Crippen LogP contribution in [0.1, 0.15) is 31.7 Å². The van der Waals surface area contributed by atoms with E-state index in [1.807, 2.05) is 29.2 Å². The molecular formula is C19H27N3O2. The molecule has 2 aliphatic heterocycles. The molecule has 1 atom stereocenters. The molecule has 2 heterocycles. The van der Waals surface area contributed by atoms with Gasteiger partial charge in [-0.2, -0.15) is 0 Å². The minimum absolute atomic E-state index is 0.143. The third kappa shape index (κ3) is 3.96. The minimum atomic E-state index is 0.143. The van der Waals surface area contributed by atoms with E-state index in [0.717, 1.165) is 43.7 Å². The number of likely N-dealkylation sites (tertiary alicyclic amines) is 1. The lowest BCUT2D eigenvalue weighted by molar-refractivity contribution is -0.126. The highest BCUT2D eigenvalue weighted by molar-refractivity contribution is 5.95. The summed E-state index contributed by atoms with van der Waals surface area (Å²) in [6.45, 7) is 5.44. The van der Waals surface area contributed by atoms with E-state index in [2.05, 4.69) is 24.2 Å². The highest BCUT2D eigenvalue weighted by Crippen LogP contribution is 2.25. The summed E-state index contributed by atoms with van der Waals surface area (Å²) in [7, 11) is 2.10. The van der Waals surface area contributed by atoms with Crippen molar-refractivity contribution in [3.05, 3.63) is 29.8 Å². The number of piperidine rings is 1. The van der Waals surface area contributed by atoms with Crippen molar-refractivity contribution in [3.8, 4) is 0 Å². The van der Waals surface area contributed by atoms with E-state index in [-0.39, 0.29) is 17.7 Å². The normalized spacial score (nSPS) is 22.8. The van der Waals surface area contributed by atoms with Crippen LogP contribution in [0, 0.1) is 11.8 Å².